The second kappa shape index (κ2) is 5.59. The smallest absolute Gasteiger partial charge is 0.227 e. The van der Waals surface area contributed by atoms with Gasteiger partial charge in [-0.25, -0.2) is 0 Å². The molecular formula is C14H20N2O3. The first-order chi connectivity index (χ1) is 9.02. The standard InChI is InChI=1S/C14H20N2O3/c1-15(8-12(18)9-17)11-4-5-13-10(7-11)3-6-14(19)16(13)2/h4-5,7,12,17-18H,3,6,8-9H2,1-2H3. The van der Waals surface area contributed by atoms with E-state index in [1.165, 1.54) is 0 Å². The van der Waals surface area contributed by atoms with Crippen molar-refractivity contribution in [2.24, 2.45) is 0 Å². The molecule has 0 bridgehead atoms. The van der Waals surface area contributed by atoms with Crippen molar-refractivity contribution in [2.75, 3.05) is 37.0 Å². The lowest BCUT2D eigenvalue weighted by atomic mass is 10.0. The molecule has 0 fully saturated rings. The van der Waals surface area contributed by atoms with E-state index in [0.717, 1.165) is 23.4 Å². The van der Waals surface area contributed by atoms with E-state index in [0.29, 0.717) is 13.0 Å². The summed E-state index contributed by atoms with van der Waals surface area (Å²) in [5.41, 5.74) is 3.08. The third-order valence-electron chi connectivity index (χ3n) is 3.54. The Morgan fingerprint density at radius 3 is 2.84 bits per heavy atom. The van der Waals surface area contributed by atoms with Gasteiger partial charge < -0.3 is 20.0 Å². The highest BCUT2D eigenvalue weighted by molar-refractivity contribution is 5.96. The fourth-order valence-corrected chi connectivity index (χ4v) is 2.36. The van der Waals surface area contributed by atoms with Gasteiger partial charge in [0.2, 0.25) is 5.91 Å². The first-order valence-electron chi connectivity index (χ1n) is 6.42. The van der Waals surface area contributed by atoms with E-state index in [1.807, 2.05) is 30.1 Å². The summed E-state index contributed by atoms with van der Waals surface area (Å²) in [6.45, 7) is 0.135. The van der Waals surface area contributed by atoms with Gasteiger partial charge in [0.15, 0.2) is 0 Å². The Kier molecular flexibility index (Phi) is 4.07. The zero-order valence-corrected chi connectivity index (χ0v) is 11.3. The Labute approximate surface area is 113 Å². The molecule has 1 amide bonds. The predicted octanol–water partition coefficient (Wildman–Crippen LogP) is 0.385. The van der Waals surface area contributed by atoms with Crippen LogP contribution in [0.15, 0.2) is 18.2 Å². The molecule has 1 aromatic rings. The third kappa shape index (κ3) is 2.88. The molecule has 0 saturated heterocycles. The average Bonchev–Trinajstić information content (AvgIpc) is 2.42. The van der Waals surface area contributed by atoms with Crippen molar-refractivity contribution in [2.45, 2.75) is 18.9 Å². The molecule has 1 heterocycles. The first kappa shape index (κ1) is 13.8. The second-order valence-electron chi connectivity index (χ2n) is 4.98. The Morgan fingerprint density at radius 1 is 1.42 bits per heavy atom. The van der Waals surface area contributed by atoms with Gasteiger partial charge in [0.25, 0.3) is 0 Å². The minimum Gasteiger partial charge on any atom is -0.394 e. The van der Waals surface area contributed by atoms with Crippen molar-refractivity contribution >= 4 is 17.3 Å². The Morgan fingerprint density at radius 2 is 2.16 bits per heavy atom. The Balaban J connectivity index is 2.19. The SMILES string of the molecule is CN(CC(O)CO)c1ccc2c(c1)CCC(=O)N2C. The quantitative estimate of drug-likeness (QED) is 0.825. The number of likely N-dealkylation sites (N-methyl/N-ethyl adjacent to an activating group) is 1. The maximum atomic E-state index is 11.6. The maximum absolute atomic E-state index is 11.6. The number of carbonyl (C=O) groups is 1. The second-order valence-corrected chi connectivity index (χ2v) is 4.98. The van der Waals surface area contributed by atoms with Crippen LogP contribution in [0.5, 0.6) is 0 Å². The normalized spacial score (nSPS) is 16.2. The van der Waals surface area contributed by atoms with E-state index in [1.54, 1.807) is 11.9 Å². The number of benzene rings is 1. The summed E-state index contributed by atoms with van der Waals surface area (Å²) < 4.78 is 0. The molecule has 0 saturated carbocycles. The molecule has 1 aromatic carbocycles. The van der Waals surface area contributed by atoms with Crippen LogP contribution in [0.3, 0.4) is 0 Å². The number of aliphatic hydroxyl groups excluding tert-OH is 2. The highest BCUT2D eigenvalue weighted by Crippen LogP contribution is 2.30. The summed E-state index contributed by atoms with van der Waals surface area (Å²) in [6.07, 6.45) is 0.545. The molecule has 0 spiro atoms. The van der Waals surface area contributed by atoms with Gasteiger partial charge in [-0.1, -0.05) is 0 Å². The lowest BCUT2D eigenvalue weighted by molar-refractivity contribution is -0.118. The van der Waals surface area contributed by atoms with Gasteiger partial charge in [-0.15, -0.1) is 0 Å². The molecule has 0 aliphatic carbocycles. The van der Waals surface area contributed by atoms with Crippen LogP contribution in [-0.4, -0.2) is 49.5 Å². The van der Waals surface area contributed by atoms with Crippen molar-refractivity contribution in [1.29, 1.82) is 0 Å². The van der Waals surface area contributed by atoms with Crippen molar-refractivity contribution in [3.05, 3.63) is 23.8 Å². The summed E-state index contributed by atoms with van der Waals surface area (Å²) in [5, 5.41) is 18.3. The number of aliphatic hydroxyl groups is 2. The van der Waals surface area contributed by atoms with E-state index in [9.17, 15) is 9.90 Å². The average molecular weight is 264 g/mol. The van der Waals surface area contributed by atoms with Crippen molar-refractivity contribution in [1.82, 2.24) is 0 Å². The summed E-state index contributed by atoms with van der Waals surface area (Å²) >= 11 is 0. The fraction of sp³-hybridized carbons (Fsp3) is 0.500. The number of rotatable bonds is 4. The zero-order chi connectivity index (χ0) is 14.0. The van der Waals surface area contributed by atoms with Gasteiger partial charge in [0.1, 0.15) is 0 Å². The van der Waals surface area contributed by atoms with Crippen molar-refractivity contribution in [3.63, 3.8) is 0 Å². The number of aryl methyl sites for hydroxylation is 1. The number of anilines is 2. The Hall–Kier alpha value is -1.59. The third-order valence-corrected chi connectivity index (χ3v) is 3.54. The number of hydrogen-bond donors (Lipinski definition) is 2. The summed E-state index contributed by atoms with van der Waals surface area (Å²) in [6, 6.07) is 5.91. The van der Waals surface area contributed by atoms with Gasteiger partial charge >= 0.3 is 0 Å². The van der Waals surface area contributed by atoms with Crippen LogP contribution in [0.4, 0.5) is 11.4 Å². The number of amides is 1. The molecule has 19 heavy (non-hydrogen) atoms. The summed E-state index contributed by atoms with van der Waals surface area (Å²) in [4.78, 5) is 15.2. The van der Waals surface area contributed by atoms with Crippen LogP contribution in [0, 0.1) is 0 Å². The zero-order valence-electron chi connectivity index (χ0n) is 11.3. The Bertz CT molecular complexity index is 476. The molecule has 1 atom stereocenters. The van der Waals surface area contributed by atoms with Gasteiger partial charge in [0, 0.05) is 38.4 Å². The molecule has 1 aliphatic rings. The molecule has 0 radical (unpaired) electrons. The number of carbonyl (C=O) groups excluding carboxylic acids is 1. The van der Waals surface area contributed by atoms with Crippen LogP contribution < -0.4 is 9.80 Å². The van der Waals surface area contributed by atoms with Crippen LogP contribution in [0.2, 0.25) is 0 Å². The van der Waals surface area contributed by atoms with Gasteiger partial charge in [-0.3, -0.25) is 4.79 Å². The fourth-order valence-electron chi connectivity index (χ4n) is 2.36. The molecule has 104 valence electrons. The van der Waals surface area contributed by atoms with Crippen LogP contribution in [0.1, 0.15) is 12.0 Å². The van der Waals surface area contributed by atoms with E-state index in [-0.39, 0.29) is 12.5 Å². The monoisotopic (exact) mass is 264 g/mol. The van der Waals surface area contributed by atoms with Crippen LogP contribution >= 0.6 is 0 Å². The molecule has 0 aromatic heterocycles. The first-order valence-corrected chi connectivity index (χ1v) is 6.42. The van der Waals surface area contributed by atoms with Gasteiger partial charge in [0.05, 0.1) is 12.7 Å². The number of fused-ring (bicyclic) bond motifs is 1. The highest BCUT2D eigenvalue weighted by atomic mass is 16.3. The van der Waals surface area contributed by atoms with E-state index in [2.05, 4.69) is 0 Å². The minimum atomic E-state index is -0.745. The van der Waals surface area contributed by atoms with E-state index < -0.39 is 6.10 Å². The van der Waals surface area contributed by atoms with Gasteiger partial charge in [-0.05, 0) is 30.2 Å². The van der Waals surface area contributed by atoms with Gasteiger partial charge in [-0.2, -0.15) is 0 Å². The lowest BCUT2D eigenvalue weighted by Crippen LogP contribution is -2.33. The molecular weight excluding hydrogens is 244 g/mol. The summed E-state index contributed by atoms with van der Waals surface area (Å²) in [5.74, 6) is 0.143. The number of nitrogens with zero attached hydrogens (tertiary/aromatic N) is 2. The highest BCUT2D eigenvalue weighted by Gasteiger charge is 2.21. The van der Waals surface area contributed by atoms with Crippen molar-refractivity contribution < 1.29 is 15.0 Å². The molecule has 5 nitrogen and oxygen atoms in total. The summed E-state index contributed by atoms with van der Waals surface area (Å²) in [7, 11) is 3.66. The molecule has 2 N–H and O–H groups in total. The topological polar surface area (TPSA) is 64.0 Å². The largest absolute Gasteiger partial charge is 0.394 e. The predicted molar refractivity (Wildman–Crippen MR) is 74.5 cm³/mol. The van der Waals surface area contributed by atoms with E-state index in [4.69, 9.17) is 5.11 Å². The van der Waals surface area contributed by atoms with E-state index >= 15 is 0 Å². The van der Waals surface area contributed by atoms with Crippen LogP contribution in [0.25, 0.3) is 0 Å². The molecule has 5 heteroatoms. The van der Waals surface area contributed by atoms with Crippen LogP contribution in [-0.2, 0) is 11.2 Å². The minimum absolute atomic E-state index is 0.143. The lowest BCUT2D eigenvalue weighted by Gasteiger charge is -2.28. The molecule has 1 aliphatic heterocycles. The van der Waals surface area contributed by atoms with Crippen molar-refractivity contribution in [3.8, 4) is 0 Å². The maximum Gasteiger partial charge on any atom is 0.227 e. The molecule has 1 unspecified atom stereocenters. The molecule has 2 rings (SSSR count). The number of hydrogen-bond acceptors (Lipinski definition) is 4.